The highest BCUT2D eigenvalue weighted by Crippen LogP contribution is 2.20. The van der Waals surface area contributed by atoms with Gasteiger partial charge in [0, 0.05) is 55.1 Å². The van der Waals surface area contributed by atoms with E-state index in [-0.39, 0.29) is 5.91 Å². The molecule has 4 rings (SSSR count). The molecule has 2 N–H and O–H groups in total. The van der Waals surface area contributed by atoms with E-state index in [9.17, 15) is 4.79 Å². The van der Waals surface area contributed by atoms with Gasteiger partial charge in [-0.3, -0.25) is 9.78 Å². The number of carbonyl (C=O) groups excluding carboxylic acids is 1. The first-order valence-electron chi connectivity index (χ1n) is 9.80. The second kappa shape index (κ2) is 8.75. The summed E-state index contributed by atoms with van der Waals surface area (Å²) in [4.78, 5) is 21.5. The van der Waals surface area contributed by atoms with Crippen LogP contribution in [-0.2, 0) is 0 Å². The van der Waals surface area contributed by atoms with Crippen LogP contribution in [0.3, 0.4) is 0 Å². The quantitative estimate of drug-likeness (QED) is 0.697. The summed E-state index contributed by atoms with van der Waals surface area (Å²) >= 11 is 0. The Labute approximate surface area is 171 Å². The molecule has 6 nitrogen and oxygen atoms in total. The first-order chi connectivity index (χ1) is 14.2. The Balaban J connectivity index is 1.39. The van der Waals surface area contributed by atoms with E-state index < -0.39 is 0 Å². The van der Waals surface area contributed by atoms with Crippen molar-refractivity contribution in [2.24, 2.45) is 0 Å². The van der Waals surface area contributed by atoms with Gasteiger partial charge in [0.15, 0.2) is 0 Å². The number of aromatic nitrogens is 1. The SMILES string of the molecule is CN1CCN(c2ccc(NC(=O)c3cc(Nc4ccccc4)ccn3)cc2)CC1. The van der Waals surface area contributed by atoms with Crippen LogP contribution >= 0.6 is 0 Å². The van der Waals surface area contributed by atoms with Crippen molar-refractivity contribution >= 4 is 28.7 Å². The zero-order valence-corrected chi connectivity index (χ0v) is 16.5. The second-order valence-electron chi connectivity index (χ2n) is 7.21. The third kappa shape index (κ3) is 4.92. The zero-order valence-electron chi connectivity index (χ0n) is 16.5. The highest BCUT2D eigenvalue weighted by atomic mass is 16.1. The van der Waals surface area contributed by atoms with Gasteiger partial charge in [-0.1, -0.05) is 18.2 Å². The van der Waals surface area contributed by atoms with Crippen LogP contribution in [0.25, 0.3) is 0 Å². The molecule has 6 heteroatoms. The molecule has 3 aromatic rings. The van der Waals surface area contributed by atoms with Gasteiger partial charge in [0.2, 0.25) is 0 Å². The van der Waals surface area contributed by atoms with E-state index in [0.717, 1.165) is 43.2 Å². The molecule has 1 aliphatic heterocycles. The zero-order chi connectivity index (χ0) is 20.1. The molecule has 2 aromatic carbocycles. The summed E-state index contributed by atoms with van der Waals surface area (Å²) < 4.78 is 0. The van der Waals surface area contributed by atoms with E-state index in [1.807, 2.05) is 48.5 Å². The summed E-state index contributed by atoms with van der Waals surface area (Å²) in [5.74, 6) is -0.228. The van der Waals surface area contributed by atoms with Gasteiger partial charge in [-0.2, -0.15) is 0 Å². The molecule has 1 aliphatic rings. The van der Waals surface area contributed by atoms with Gasteiger partial charge in [0.1, 0.15) is 5.69 Å². The maximum Gasteiger partial charge on any atom is 0.274 e. The molecule has 0 radical (unpaired) electrons. The normalized spacial score (nSPS) is 14.4. The van der Waals surface area contributed by atoms with E-state index in [1.54, 1.807) is 12.3 Å². The molecule has 1 fully saturated rings. The van der Waals surface area contributed by atoms with Gasteiger partial charge < -0.3 is 20.4 Å². The van der Waals surface area contributed by atoms with Crippen LogP contribution in [0, 0.1) is 0 Å². The van der Waals surface area contributed by atoms with Gasteiger partial charge in [0.25, 0.3) is 5.91 Å². The molecule has 0 saturated carbocycles. The Hall–Kier alpha value is -3.38. The van der Waals surface area contributed by atoms with Crippen molar-refractivity contribution in [1.29, 1.82) is 0 Å². The maximum atomic E-state index is 12.6. The van der Waals surface area contributed by atoms with E-state index in [0.29, 0.717) is 5.69 Å². The van der Waals surface area contributed by atoms with E-state index in [4.69, 9.17) is 0 Å². The van der Waals surface area contributed by atoms with Gasteiger partial charge in [0.05, 0.1) is 0 Å². The molecule has 0 bridgehead atoms. The minimum Gasteiger partial charge on any atom is -0.369 e. The predicted molar refractivity (Wildman–Crippen MR) is 118 cm³/mol. The number of piperazine rings is 1. The molecule has 1 aromatic heterocycles. The van der Waals surface area contributed by atoms with Gasteiger partial charge >= 0.3 is 0 Å². The van der Waals surface area contributed by atoms with Crippen LogP contribution in [-0.4, -0.2) is 49.0 Å². The Morgan fingerprint density at radius 2 is 1.59 bits per heavy atom. The second-order valence-corrected chi connectivity index (χ2v) is 7.21. The van der Waals surface area contributed by atoms with Crippen LogP contribution in [0.15, 0.2) is 72.9 Å². The number of nitrogens with zero attached hydrogens (tertiary/aromatic N) is 3. The first kappa shape index (κ1) is 19.0. The topological polar surface area (TPSA) is 60.5 Å². The number of para-hydroxylation sites is 1. The molecule has 0 atom stereocenters. The van der Waals surface area contributed by atoms with Crippen LogP contribution in [0.4, 0.5) is 22.7 Å². The number of hydrogen-bond acceptors (Lipinski definition) is 5. The van der Waals surface area contributed by atoms with Crippen molar-refractivity contribution in [3.8, 4) is 0 Å². The van der Waals surface area contributed by atoms with Gasteiger partial charge in [-0.25, -0.2) is 0 Å². The lowest BCUT2D eigenvalue weighted by Crippen LogP contribution is -2.44. The molecular formula is C23H25N5O. The summed E-state index contributed by atoms with van der Waals surface area (Å²) in [7, 11) is 2.15. The van der Waals surface area contributed by atoms with Crippen LogP contribution in [0.5, 0.6) is 0 Å². The average Bonchev–Trinajstić information content (AvgIpc) is 2.76. The highest BCUT2D eigenvalue weighted by Gasteiger charge is 2.14. The summed E-state index contributed by atoms with van der Waals surface area (Å²) in [5, 5.41) is 6.21. The van der Waals surface area contributed by atoms with Crippen LogP contribution < -0.4 is 15.5 Å². The fourth-order valence-electron chi connectivity index (χ4n) is 3.34. The third-order valence-electron chi connectivity index (χ3n) is 5.05. The lowest BCUT2D eigenvalue weighted by molar-refractivity contribution is 0.102. The molecular weight excluding hydrogens is 362 g/mol. The van der Waals surface area contributed by atoms with Crippen molar-refractivity contribution in [2.75, 3.05) is 48.8 Å². The van der Waals surface area contributed by atoms with Crippen molar-refractivity contribution in [3.05, 3.63) is 78.6 Å². The Kier molecular flexibility index (Phi) is 5.72. The van der Waals surface area contributed by atoms with Crippen molar-refractivity contribution in [3.63, 3.8) is 0 Å². The monoisotopic (exact) mass is 387 g/mol. The highest BCUT2D eigenvalue weighted by molar-refractivity contribution is 6.03. The van der Waals surface area contributed by atoms with Crippen molar-refractivity contribution < 1.29 is 4.79 Å². The molecule has 29 heavy (non-hydrogen) atoms. The molecule has 2 heterocycles. The molecule has 148 valence electrons. The van der Waals surface area contributed by atoms with Crippen LogP contribution in [0.2, 0.25) is 0 Å². The lowest BCUT2D eigenvalue weighted by Gasteiger charge is -2.34. The van der Waals surface area contributed by atoms with E-state index >= 15 is 0 Å². The number of pyridine rings is 1. The Morgan fingerprint density at radius 3 is 2.31 bits per heavy atom. The fourth-order valence-corrected chi connectivity index (χ4v) is 3.34. The summed E-state index contributed by atoms with van der Waals surface area (Å²) in [6, 6.07) is 21.4. The summed E-state index contributed by atoms with van der Waals surface area (Å²) in [5.41, 5.74) is 4.10. The van der Waals surface area contributed by atoms with Crippen molar-refractivity contribution in [2.45, 2.75) is 0 Å². The van der Waals surface area contributed by atoms with Gasteiger partial charge in [-0.05, 0) is 55.6 Å². The number of rotatable bonds is 5. The number of carbonyl (C=O) groups is 1. The smallest absolute Gasteiger partial charge is 0.274 e. The fraction of sp³-hybridized carbons (Fsp3) is 0.217. The number of amides is 1. The average molecular weight is 387 g/mol. The number of benzene rings is 2. The number of likely N-dealkylation sites (N-methyl/N-ethyl adjacent to an activating group) is 1. The Bertz CT molecular complexity index is 951. The minimum absolute atomic E-state index is 0.228. The molecule has 0 aliphatic carbocycles. The predicted octanol–water partition coefficient (Wildman–Crippen LogP) is 3.83. The molecule has 0 spiro atoms. The molecule has 1 amide bonds. The van der Waals surface area contributed by atoms with Crippen molar-refractivity contribution in [1.82, 2.24) is 9.88 Å². The number of anilines is 4. The number of nitrogens with one attached hydrogen (secondary N) is 2. The molecule has 0 unspecified atom stereocenters. The van der Waals surface area contributed by atoms with Crippen LogP contribution in [0.1, 0.15) is 10.5 Å². The summed E-state index contributed by atoms with van der Waals surface area (Å²) in [6.45, 7) is 4.18. The van der Waals surface area contributed by atoms with E-state index in [1.165, 1.54) is 5.69 Å². The maximum absolute atomic E-state index is 12.6. The lowest BCUT2D eigenvalue weighted by atomic mass is 10.2. The first-order valence-corrected chi connectivity index (χ1v) is 9.80. The Morgan fingerprint density at radius 1 is 0.862 bits per heavy atom. The standard InChI is InChI=1S/C23H25N5O/c1-27-13-15-28(16-14-27)21-9-7-19(8-10-21)26-23(29)22-17-20(11-12-24-22)25-18-5-3-2-4-6-18/h2-12,17H,13-16H2,1H3,(H,24,25)(H,26,29). The van der Waals surface area contributed by atoms with Gasteiger partial charge in [-0.15, -0.1) is 0 Å². The molecule has 1 saturated heterocycles. The van der Waals surface area contributed by atoms with E-state index in [2.05, 4.69) is 44.6 Å². The third-order valence-corrected chi connectivity index (χ3v) is 5.05. The number of hydrogen-bond donors (Lipinski definition) is 2. The summed E-state index contributed by atoms with van der Waals surface area (Å²) in [6.07, 6.45) is 1.64. The largest absolute Gasteiger partial charge is 0.369 e. The minimum atomic E-state index is -0.228.